The highest BCUT2D eigenvalue weighted by Gasteiger charge is 2.27. The Bertz CT molecular complexity index is 944. The number of hydrogen-bond donors (Lipinski definition) is 1. The van der Waals surface area contributed by atoms with Crippen molar-refractivity contribution in [3.8, 4) is 11.4 Å². The number of carbonyl (C=O) groups is 1. The molecule has 3 heterocycles. The summed E-state index contributed by atoms with van der Waals surface area (Å²) in [6.07, 6.45) is 3.38. The molecule has 1 saturated heterocycles. The van der Waals surface area contributed by atoms with E-state index in [2.05, 4.69) is 25.1 Å². The van der Waals surface area contributed by atoms with Crippen LogP contribution in [0.2, 0.25) is 0 Å². The van der Waals surface area contributed by atoms with Gasteiger partial charge in [0, 0.05) is 30.8 Å². The zero-order valence-electron chi connectivity index (χ0n) is 15.5. The molecule has 3 aromatic rings. The van der Waals surface area contributed by atoms with Crippen LogP contribution < -0.4 is 0 Å². The minimum atomic E-state index is -0.00303. The maximum absolute atomic E-state index is 12.9. The molecule has 0 unspecified atom stereocenters. The van der Waals surface area contributed by atoms with E-state index in [0.29, 0.717) is 36.1 Å². The average molecular weight is 362 g/mol. The van der Waals surface area contributed by atoms with Crippen molar-refractivity contribution in [3.05, 3.63) is 59.4 Å². The molecule has 4 rings (SSSR count). The van der Waals surface area contributed by atoms with Gasteiger partial charge >= 0.3 is 0 Å². The quantitative estimate of drug-likeness (QED) is 0.774. The molecular weight excluding hydrogens is 340 g/mol. The second-order valence-electron chi connectivity index (χ2n) is 6.90. The van der Waals surface area contributed by atoms with Crippen molar-refractivity contribution in [1.82, 2.24) is 30.0 Å². The molecule has 0 radical (unpaired) electrons. The molecule has 0 atom stereocenters. The molecule has 1 N–H and O–H groups in total. The first-order chi connectivity index (χ1) is 13.1. The Morgan fingerprint density at radius 3 is 2.48 bits per heavy atom. The van der Waals surface area contributed by atoms with Crippen LogP contribution in [0, 0.1) is 13.8 Å². The summed E-state index contributed by atoms with van der Waals surface area (Å²) in [5, 5.41) is 7.15. The molecule has 2 aromatic heterocycles. The molecule has 0 aliphatic carbocycles. The lowest BCUT2D eigenvalue weighted by Crippen LogP contribution is -2.38. The van der Waals surface area contributed by atoms with Crippen LogP contribution >= 0.6 is 0 Å². The van der Waals surface area contributed by atoms with Crippen LogP contribution in [0.5, 0.6) is 0 Å². The highest BCUT2D eigenvalue weighted by atomic mass is 16.2. The average Bonchev–Trinajstić information content (AvgIpc) is 3.14. The third kappa shape index (κ3) is 3.58. The molecule has 7 heteroatoms. The van der Waals surface area contributed by atoms with E-state index >= 15 is 0 Å². The number of nitrogens with zero attached hydrogens (tertiary/aromatic N) is 5. The second-order valence-corrected chi connectivity index (χ2v) is 6.90. The van der Waals surface area contributed by atoms with Crippen LogP contribution in [0.4, 0.5) is 0 Å². The summed E-state index contributed by atoms with van der Waals surface area (Å²) in [6, 6.07) is 9.79. The Morgan fingerprint density at radius 1 is 1.11 bits per heavy atom. The maximum atomic E-state index is 12.9. The lowest BCUT2D eigenvalue weighted by atomic mass is 9.95. The number of rotatable bonds is 3. The monoisotopic (exact) mass is 362 g/mol. The number of carbonyl (C=O) groups excluding carboxylic acids is 1. The van der Waals surface area contributed by atoms with Gasteiger partial charge in [-0.05, 0) is 26.7 Å². The smallest absolute Gasteiger partial charge is 0.257 e. The normalized spacial score (nSPS) is 15.1. The predicted octanol–water partition coefficient (Wildman–Crippen LogP) is 2.90. The van der Waals surface area contributed by atoms with Gasteiger partial charge in [-0.2, -0.15) is 5.10 Å². The SMILES string of the molecule is Cc1nc(C2CCN(C(=O)c3cnc(-c4ccccc4)nc3C)CC2)n[nH]1. The summed E-state index contributed by atoms with van der Waals surface area (Å²) >= 11 is 0. The van der Waals surface area contributed by atoms with Crippen LogP contribution in [0.3, 0.4) is 0 Å². The van der Waals surface area contributed by atoms with Gasteiger partial charge < -0.3 is 4.90 Å². The molecule has 0 spiro atoms. The van der Waals surface area contributed by atoms with Crippen molar-refractivity contribution in [2.24, 2.45) is 0 Å². The van der Waals surface area contributed by atoms with Crippen molar-refractivity contribution >= 4 is 5.91 Å². The van der Waals surface area contributed by atoms with Crippen LogP contribution in [-0.4, -0.2) is 49.0 Å². The first-order valence-electron chi connectivity index (χ1n) is 9.19. The fourth-order valence-electron chi connectivity index (χ4n) is 3.46. The lowest BCUT2D eigenvalue weighted by molar-refractivity contribution is 0.0709. The first kappa shape index (κ1) is 17.3. The van der Waals surface area contributed by atoms with Crippen molar-refractivity contribution in [1.29, 1.82) is 0 Å². The number of aromatic amines is 1. The molecule has 138 valence electrons. The van der Waals surface area contributed by atoms with Gasteiger partial charge in [0.2, 0.25) is 0 Å². The van der Waals surface area contributed by atoms with Gasteiger partial charge in [-0.15, -0.1) is 0 Å². The highest BCUT2D eigenvalue weighted by Crippen LogP contribution is 2.26. The number of aryl methyl sites for hydroxylation is 2. The third-order valence-corrected chi connectivity index (χ3v) is 5.00. The van der Waals surface area contributed by atoms with Crippen LogP contribution in [0.15, 0.2) is 36.5 Å². The number of hydrogen-bond acceptors (Lipinski definition) is 5. The number of H-pyrrole nitrogens is 1. The Kier molecular flexibility index (Phi) is 4.66. The summed E-state index contributed by atoms with van der Waals surface area (Å²) in [4.78, 5) is 28.2. The van der Waals surface area contributed by atoms with Crippen molar-refractivity contribution in [2.75, 3.05) is 13.1 Å². The number of likely N-dealkylation sites (tertiary alicyclic amines) is 1. The molecule has 1 aliphatic rings. The van der Waals surface area contributed by atoms with Crippen LogP contribution in [-0.2, 0) is 0 Å². The van der Waals surface area contributed by atoms with Gasteiger partial charge in [-0.25, -0.2) is 15.0 Å². The zero-order valence-corrected chi connectivity index (χ0v) is 15.5. The van der Waals surface area contributed by atoms with Gasteiger partial charge in [0.15, 0.2) is 11.6 Å². The Balaban J connectivity index is 1.46. The number of piperidine rings is 1. The topological polar surface area (TPSA) is 87.7 Å². The molecule has 0 saturated carbocycles. The molecule has 1 fully saturated rings. The van der Waals surface area contributed by atoms with Crippen molar-refractivity contribution in [3.63, 3.8) is 0 Å². The van der Waals surface area contributed by atoms with E-state index in [-0.39, 0.29) is 5.91 Å². The van der Waals surface area contributed by atoms with Crippen LogP contribution in [0.25, 0.3) is 11.4 Å². The molecular formula is C20H22N6O. The summed E-state index contributed by atoms with van der Waals surface area (Å²) in [5.41, 5.74) is 2.23. The Hall–Kier alpha value is -3.09. The van der Waals surface area contributed by atoms with E-state index in [4.69, 9.17) is 0 Å². The van der Waals surface area contributed by atoms with E-state index < -0.39 is 0 Å². The second kappa shape index (κ2) is 7.26. The van der Waals surface area contributed by atoms with E-state index in [1.165, 1.54) is 0 Å². The number of benzene rings is 1. The lowest BCUT2D eigenvalue weighted by Gasteiger charge is -2.31. The number of aromatic nitrogens is 5. The molecule has 0 bridgehead atoms. The van der Waals surface area contributed by atoms with Gasteiger partial charge in [0.1, 0.15) is 5.82 Å². The van der Waals surface area contributed by atoms with Gasteiger partial charge in [0.25, 0.3) is 5.91 Å². The standard InChI is InChI=1S/C20H22N6O/c1-13-17(12-21-18(22-13)15-6-4-3-5-7-15)20(27)26-10-8-16(9-11-26)19-23-14(2)24-25-19/h3-7,12,16H,8-11H2,1-2H3,(H,23,24,25). The van der Waals surface area contributed by atoms with Crippen molar-refractivity contribution in [2.45, 2.75) is 32.6 Å². The summed E-state index contributed by atoms with van der Waals surface area (Å²) in [6.45, 7) is 5.15. The molecule has 7 nitrogen and oxygen atoms in total. The van der Waals surface area contributed by atoms with Crippen molar-refractivity contribution < 1.29 is 4.79 Å². The number of amides is 1. The first-order valence-corrected chi connectivity index (χ1v) is 9.19. The van der Waals surface area contributed by atoms with Crippen LogP contribution in [0.1, 0.15) is 46.5 Å². The molecule has 1 aromatic carbocycles. The fourth-order valence-corrected chi connectivity index (χ4v) is 3.46. The molecule has 1 aliphatic heterocycles. The summed E-state index contributed by atoms with van der Waals surface area (Å²) < 4.78 is 0. The minimum Gasteiger partial charge on any atom is -0.338 e. The van der Waals surface area contributed by atoms with E-state index in [9.17, 15) is 4.79 Å². The summed E-state index contributed by atoms with van der Waals surface area (Å²) in [5.74, 6) is 2.62. The minimum absolute atomic E-state index is 0.00303. The highest BCUT2D eigenvalue weighted by molar-refractivity contribution is 5.95. The zero-order chi connectivity index (χ0) is 18.8. The third-order valence-electron chi connectivity index (χ3n) is 5.00. The maximum Gasteiger partial charge on any atom is 0.257 e. The van der Waals surface area contributed by atoms with E-state index in [0.717, 1.165) is 30.1 Å². The van der Waals surface area contributed by atoms with Gasteiger partial charge in [0.05, 0.1) is 11.3 Å². The largest absolute Gasteiger partial charge is 0.338 e. The Labute approximate surface area is 157 Å². The summed E-state index contributed by atoms with van der Waals surface area (Å²) in [7, 11) is 0. The van der Waals surface area contributed by atoms with E-state index in [1.807, 2.05) is 49.1 Å². The molecule has 1 amide bonds. The predicted molar refractivity (Wildman–Crippen MR) is 101 cm³/mol. The van der Waals surface area contributed by atoms with Gasteiger partial charge in [-0.3, -0.25) is 9.89 Å². The van der Waals surface area contributed by atoms with E-state index in [1.54, 1.807) is 6.20 Å². The van der Waals surface area contributed by atoms with Gasteiger partial charge in [-0.1, -0.05) is 30.3 Å². The fraction of sp³-hybridized carbons (Fsp3) is 0.350. The molecule has 27 heavy (non-hydrogen) atoms. The Morgan fingerprint density at radius 2 is 1.85 bits per heavy atom. The number of nitrogens with one attached hydrogen (secondary N) is 1.